The molecule has 0 atom stereocenters. The number of halogens is 1. The van der Waals surface area contributed by atoms with E-state index < -0.39 is 5.97 Å². The van der Waals surface area contributed by atoms with Gasteiger partial charge < -0.3 is 15.8 Å². The number of carboxylic acid groups (broad SMARTS) is 1. The first-order valence-electron chi connectivity index (χ1n) is 3.76. The number of H-pyrrole nitrogens is 1. The molecule has 2 rings (SSSR count). The minimum atomic E-state index is -1.02. The summed E-state index contributed by atoms with van der Waals surface area (Å²) in [6.45, 7) is 0. The molecule has 0 aliphatic carbocycles. The lowest BCUT2D eigenvalue weighted by Crippen LogP contribution is -1.98. The van der Waals surface area contributed by atoms with Gasteiger partial charge in [0, 0.05) is 6.20 Å². The van der Waals surface area contributed by atoms with Gasteiger partial charge in [-0.2, -0.15) is 0 Å². The summed E-state index contributed by atoms with van der Waals surface area (Å²) in [5, 5.41) is 9.30. The summed E-state index contributed by atoms with van der Waals surface area (Å²) >= 11 is 3.17. The Labute approximate surface area is 87.1 Å². The Hall–Kier alpha value is -1.56. The van der Waals surface area contributed by atoms with Gasteiger partial charge in [-0.1, -0.05) is 0 Å². The predicted octanol–water partition coefficient (Wildman–Crippen LogP) is 1.61. The lowest BCUT2D eigenvalue weighted by Gasteiger charge is -1.98. The fraction of sp³-hybridized carbons (Fsp3) is 0. The SMILES string of the molecule is Nc1nc(Br)cc2[nH]cc(C(=O)O)c12. The molecule has 0 aliphatic rings. The van der Waals surface area contributed by atoms with Crippen LogP contribution in [-0.2, 0) is 0 Å². The maximum Gasteiger partial charge on any atom is 0.338 e. The van der Waals surface area contributed by atoms with Gasteiger partial charge in [-0.05, 0) is 22.0 Å². The van der Waals surface area contributed by atoms with Crippen LogP contribution in [0.25, 0.3) is 10.9 Å². The van der Waals surface area contributed by atoms with Crippen LogP contribution < -0.4 is 5.73 Å². The van der Waals surface area contributed by atoms with E-state index in [4.69, 9.17) is 10.8 Å². The highest BCUT2D eigenvalue weighted by molar-refractivity contribution is 9.10. The van der Waals surface area contributed by atoms with E-state index in [-0.39, 0.29) is 11.4 Å². The van der Waals surface area contributed by atoms with Crippen molar-refractivity contribution in [1.29, 1.82) is 0 Å². The number of aromatic nitrogens is 2. The lowest BCUT2D eigenvalue weighted by molar-refractivity contribution is 0.0699. The zero-order valence-electron chi connectivity index (χ0n) is 6.91. The molecule has 2 heterocycles. The summed E-state index contributed by atoms with van der Waals surface area (Å²) in [5.74, 6) is -0.819. The topological polar surface area (TPSA) is 92.0 Å². The maximum atomic E-state index is 10.8. The molecule has 0 saturated heterocycles. The molecule has 0 spiro atoms. The quantitative estimate of drug-likeness (QED) is 0.676. The second-order valence-electron chi connectivity index (χ2n) is 2.76. The molecule has 6 heteroatoms. The fourth-order valence-corrected chi connectivity index (χ4v) is 1.74. The van der Waals surface area contributed by atoms with Gasteiger partial charge in [0.1, 0.15) is 10.4 Å². The van der Waals surface area contributed by atoms with Gasteiger partial charge >= 0.3 is 5.97 Å². The monoisotopic (exact) mass is 255 g/mol. The van der Waals surface area contributed by atoms with Crippen LogP contribution in [0.1, 0.15) is 10.4 Å². The van der Waals surface area contributed by atoms with Gasteiger partial charge in [0.15, 0.2) is 0 Å². The van der Waals surface area contributed by atoms with E-state index in [2.05, 4.69) is 25.9 Å². The van der Waals surface area contributed by atoms with Crippen molar-refractivity contribution in [3.05, 3.63) is 22.4 Å². The van der Waals surface area contributed by atoms with Crippen LogP contribution in [0, 0.1) is 0 Å². The van der Waals surface area contributed by atoms with Crippen LogP contribution >= 0.6 is 15.9 Å². The van der Waals surface area contributed by atoms with Crippen LogP contribution in [0.3, 0.4) is 0 Å². The summed E-state index contributed by atoms with van der Waals surface area (Å²) in [7, 11) is 0. The number of nitrogen functional groups attached to an aromatic ring is 1. The van der Waals surface area contributed by atoms with Gasteiger partial charge in [0.25, 0.3) is 0 Å². The average Bonchev–Trinajstić information content (AvgIpc) is 2.47. The van der Waals surface area contributed by atoms with Crippen molar-refractivity contribution < 1.29 is 9.90 Å². The van der Waals surface area contributed by atoms with Crippen LogP contribution in [0.15, 0.2) is 16.9 Å². The first-order valence-corrected chi connectivity index (χ1v) is 4.55. The third kappa shape index (κ3) is 1.24. The number of hydrogen-bond donors (Lipinski definition) is 3. The predicted molar refractivity (Wildman–Crippen MR) is 55.2 cm³/mol. The Morgan fingerprint density at radius 3 is 3.00 bits per heavy atom. The molecule has 0 aliphatic heterocycles. The number of aromatic amines is 1. The van der Waals surface area contributed by atoms with E-state index in [1.165, 1.54) is 6.20 Å². The Bertz CT molecular complexity index is 521. The van der Waals surface area contributed by atoms with E-state index in [1.54, 1.807) is 6.07 Å². The maximum absolute atomic E-state index is 10.8. The molecule has 0 unspecified atom stereocenters. The Morgan fingerprint density at radius 1 is 1.64 bits per heavy atom. The van der Waals surface area contributed by atoms with Gasteiger partial charge in [-0.3, -0.25) is 0 Å². The lowest BCUT2D eigenvalue weighted by atomic mass is 10.2. The van der Waals surface area contributed by atoms with Gasteiger partial charge in [0.2, 0.25) is 0 Å². The highest BCUT2D eigenvalue weighted by Crippen LogP contribution is 2.25. The third-order valence-corrected chi connectivity index (χ3v) is 2.29. The van der Waals surface area contributed by atoms with Gasteiger partial charge in [-0.15, -0.1) is 0 Å². The van der Waals surface area contributed by atoms with E-state index in [9.17, 15) is 4.79 Å². The zero-order valence-corrected chi connectivity index (χ0v) is 8.50. The van der Waals surface area contributed by atoms with E-state index in [1.807, 2.05) is 0 Å². The normalized spacial score (nSPS) is 10.6. The van der Waals surface area contributed by atoms with Crippen molar-refractivity contribution in [2.24, 2.45) is 0 Å². The average molecular weight is 256 g/mol. The third-order valence-electron chi connectivity index (χ3n) is 1.89. The molecule has 2 aromatic rings. The molecular weight excluding hydrogens is 250 g/mol. The number of aromatic carboxylic acids is 1. The molecule has 0 radical (unpaired) electrons. The molecule has 0 fully saturated rings. The second-order valence-corrected chi connectivity index (χ2v) is 3.57. The number of nitrogens with zero attached hydrogens (tertiary/aromatic N) is 1. The van der Waals surface area contributed by atoms with Crippen molar-refractivity contribution in [2.75, 3.05) is 5.73 Å². The minimum absolute atomic E-state index is 0.137. The summed E-state index contributed by atoms with van der Waals surface area (Å²) in [6, 6.07) is 1.68. The molecule has 0 aromatic carbocycles. The van der Waals surface area contributed by atoms with Crippen molar-refractivity contribution in [3.63, 3.8) is 0 Å². The Balaban J connectivity index is 2.85. The number of carbonyl (C=O) groups is 1. The number of rotatable bonds is 1. The standard InChI is InChI=1S/C8H6BrN3O2/c9-5-1-4-6(7(10)12-5)3(2-11-4)8(13)14/h1-2,11H,(H2,10,12)(H,13,14). The smallest absolute Gasteiger partial charge is 0.338 e. The van der Waals surface area contributed by atoms with Crippen LogP contribution in [0.5, 0.6) is 0 Å². The fourth-order valence-electron chi connectivity index (χ4n) is 1.32. The Morgan fingerprint density at radius 2 is 2.36 bits per heavy atom. The van der Waals surface area contributed by atoms with E-state index in [0.717, 1.165) is 0 Å². The molecule has 14 heavy (non-hydrogen) atoms. The number of carboxylic acids is 1. The number of anilines is 1. The first kappa shape index (κ1) is 9.01. The minimum Gasteiger partial charge on any atom is -0.478 e. The van der Waals surface area contributed by atoms with Crippen molar-refractivity contribution >= 4 is 38.6 Å². The Kier molecular flexibility index (Phi) is 1.92. The van der Waals surface area contributed by atoms with E-state index >= 15 is 0 Å². The number of nitrogens with one attached hydrogen (secondary N) is 1. The molecule has 4 N–H and O–H groups in total. The van der Waals surface area contributed by atoms with Gasteiger partial charge in [0.05, 0.1) is 16.5 Å². The summed E-state index contributed by atoms with van der Waals surface area (Å²) in [4.78, 5) is 17.5. The molecule has 2 aromatic heterocycles. The number of pyridine rings is 1. The molecular formula is C8H6BrN3O2. The molecule has 0 amide bonds. The number of fused-ring (bicyclic) bond motifs is 1. The highest BCUT2D eigenvalue weighted by atomic mass is 79.9. The molecule has 0 bridgehead atoms. The summed E-state index contributed by atoms with van der Waals surface area (Å²) < 4.78 is 0.571. The highest BCUT2D eigenvalue weighted by Gasteiger charge is 2.14. The zero-order chi connectivity index (χ0) is 10.3. The number of hydrogen-bond acceptors (Lipinski definition) is 3. The summed E-state index contributed by atoms with van der Waals surface area (Å²) in [6.07, 6.45) is 1.40. The van der Waals surface area contributed by atoms with Crippen molar-refractivity contribution in [3.8, 4) is 0 Å². The first-order chi connectivity index (χ1) is 6.59. The van der Waals surface area contributed by atoms with Crippen LogP contribution in [0.4, 0.5) is 5.82 Å². The largest absolute Gasteiger partial charge is 0.478 e. The molecule has 5 nitrogen and oxygen atoms in total. The van der Waals surface area contributed by atoms with Crippen molar-refractivity contribution in [2.45, 2.75) is 0 Å². The number of nitrogens with two attached hydrogens (primary N) is 1. The van der Waals surface area contributed by atoms with Crippen LogP contribution in [0.2, 0.25) is 0 Å². The van der Waals surface area contributed by atoms with E-state index in [0.29, 0.717) is 15.5 Å². The molecule has 0 saturated carbocycles. The second kappa shape index (κ2) is 2.98. The summed E-state index contributed by atoms with van der Waals surface area (Å²) in [5.41, 5.74) is 6.41. The van der Waals surface area contributed by atoms with Crippen molar-refractivity contribution in [1.82, 2.24) is 9.97 Å². The van der Waals surface area contributed by atoms with Gasteiger partial charge in [-0.25, -0.2) is 9.78 Å². The molecule has 72 valence electrons. The van der Waals surface area contributed by atoms with Crippen LogP contribution in [-0.4, -0.2) is 21.0 Å².